The zero-order valence-electron chi connectivity index (χ0n) is 34.1. The molecule has 302 valence electrons. The molecule has 13 heteroatoms. The Morgan fingerprint density at radius 1 is 0.574 bits per heavy atom. The Morgan fingerprint density at radius 2 is 0.981 bits per heavy atom. The Morgan fingerprint density at radius 3 is 1.39 bits per heavy atom. The molecule has 0 saturated heterocycles. The summed E-state index contributed by atoms with van der Waals surface area (Å²) in [6, 6.07) is 3.56. The molecular formula is C41H60O13. The topological polar surface area (TPSA) is 159 Å². The molecule has 0 bridgehead atoms. The maximum atomic E-state index is 14.5. The van der Waals surface area contributed by atoms with Gasteiger partial charge in [-0.2, -0.15) is 19.6 Å². The summed E-state index contributed by atoms with van der Waals surface area (Å²) < 4.78 is 0. The molecule has 0 aromatic heterocycles. The van der Waals surface area contributed by atoms with E-state index in [1.54, 1.807) is 55.4 Å². The van der Waals surface area contributed by atoms with Crippen molar-refractivity contribution in [2.45, 2.75) is 163 Å². The number of allylic oxidation sites excluding steroid dienone is 1. The molecule has 54 heavy (non-hydrogen) atoms. The largest absolute Gasteiger partial charge is 0.374 e. The van der Waals surface area contributed by atoms with Gasteiger partial charge in [0.25, 0.3) is 0 Å². The fraction of sp³-hybridized carbons (Fsp3) is 0.634. The smallest absolute Gasteiger partial charge is 0.296 e. The van der Waals surface area contributed by atoms with Crippen molar-refractivity contribution in [2.75, 3.05) is 0 Å². The molecule has 0 radical (unpaired) electrons. The van der Waals surface area contributed by atoms with Gasteiger partial charge in [0, 0.05) is 5.56 Å². The summed E-state index contributed by atoms with van der Waals surface area (Å²) in [6.45, 7) is 21.8. The maximum absolute atomic E-state index is 14.5. The van der Waals surface area contributed by atoms with Crippen LogP contribution in [0.2, 0.25) is 0 Å². The van der Waals surface area contributed by atoms with Crippen LogP contribution in [0.5, 0.6) is 0 Å². The quantitative estimate of drug-likeness (QED) is 0.0477. The van der Waals surface area contributed by atoms with Crippen molar-refractivity contribution in [3.05, 3.63) is 58.7 Å². The van der Waals surface area contributed by atoms with Crippen LogP contribution in [0.4, 0.5) is 0 Å². The predicted molar refractivity (Wildman–Crippen MR) is 198 cm³/mol. The lowest BCUT2D eigenvalue weighted by atomic mass is 9.74. The highest BCUT2D eigenvalue weighted by Crippen LogP contribution is 2.37. The first-order valence-electron chi connectivity index (χ1n) is 18.8. The average Bonchev–Trinajstić information content (AvgIpc) is 3.10. The summed E-state index contributed by atoms with van der Waals surface area (Å²) in [4.78, 5) is 111. The first-order chi connectivity index (χ1) is 25.1. The van der Waals surface area contributed by atoms with Crippen LogP contribution in [-0.4, -0.2) is 52.1 Å². The number of Topliss-reactive ketones (excluding diaryl/α,β-unsaturated/α-hetero) is 1. The molecule has 13 nitrogen and oxygen atoms in total. The highest BCUT2D eigenvalue weighted by Gasteiger charge is 2.48. The fourth-order valence-corrected chi connectivity index (χ4v) is 5.88. The van der Waals surface area contributed by atoms with E-state index in [4.69, 9.17) is 39.1 Å². The Hall–Kier alpha value is -3.91. The van der Waals surface area contributed by atoms with E-state index >= 15 is 0 Å². The number of benzene rings is 1. The number of ketones is 1. The van der Waals surface area contributed by atoms with Crippen LogP contribution in [0, 0.1) is 5.41 Å². The lowest BCUT2D eigenvalue weighted by Gasteiger charge is -2.30. The van der Waals surface area contributed by atoms with Crippen molar-refractivity contribution >= 4 is 29.7 Å². The first kappa shape index (κ1) is 46.2. The van der Waals surface area contributed by atoms with Crippen LogP contribution in [0.25, 0.3) is 0 Å². The lowest BCUT2D eigenvalue weighted by molar-refractivity contribution is -0.329. The van der Waals surface area contributed by atoms with Crippen molar-refractivity contribution in [3.8, 4) is 0 Å². The molecule has 1 unspecified atom stereocenters. The minimum atomic E-state index is -2.06. The summed E-state index contributed by atoms with van der Waals surface area (Å²) in [5.74, 6) is -4.84. The highest BCUT2D eigenvalue weighted by molar-refractivity contribution is 6.16. The maximum Gasteiger partial charge on any atom is 0.374 e. The second-order valence-electron chi connectivity index (χ2n) is 16.1. The first-order valence-corrected chi connectivity index (χ1v) is 18.8. The molecule has 0 saturated carbocycles. The van der Waals surface area contributed by atoms with E-state index in [2.05, 4.69) is 0 Å². The van der Waals surface area contributed by atoms with Gasteiger partial charge in [-0.15, -0.1) is 0 Å². The number of hydrogen-bond acceptors (Lipinski definition) is 13. The third kappa shape index (κ3) is 13.4. The molecule has 0 fully saturated rings. The molecule has 1 aliphatic carbocycles. The fourth-order valence-electron chi connectivity index (χ4n) is 5.88. The van der Waals surface area contributed by atoms with Gasteiger partial charge in [0.1, 0.15) is 22.4 Å². The Bertz CT molecular complexity index is 1550. The third-order valence-electron chi connectivity index (χ3n) is 8.70. The van der Waals surface area contributed by atoms with Crippen molar-refractivity contribution in [3.63, 3.8) is 0 Å². The monoisotopic (exact) mass is 760 g/mol. The van der Waals surface area contributed by atoms with E-state index in [1.165, 1.54) is 30.4 Å². The average molecular weight is 761 g/mol. The summed E-state index contributed by atoms with van der Waals surface area (Å²) >= 11 is 0. The van der Waals surface area contributed by atoms with Gasteiger partial charge < -0.3 is 0 Å². The van der Waals surface area contributed by atoms with E-state index < -0.39 is 57.5 Å². The molecule has 0 spiro atoms. The van der Waals surface area contributed by atoms with Gasteiger partial charge in [0.15, 0.2) is 11.2 Å². The van der Waals surface area contributed by atoms with Crippen LogP contribution in [0.1, 0.15) is 172 Å². The molecule has 0 N–H and O–H groups in total. The number of rotatable bonds is 22. The van der Waals surface area contributed by atoms with Crippen LogP contribution >= 0.6 is 0 Å². The number of carbonyl (C=O) groups excluding carboxylic acids is 5. The third-order valence-corrected chi connectivity index (χ3v) is 8.70. The van der Waals surface area contributed by atoms with Crippen molar-refractivity contribution in [1.82, 2.24) is 0 Å². The van der Waals surface area contributed by atoms with Crippen LogP contribution in [-0.2, 0) is 48.7 Å². The normalized spacial score (nSPS) is 16.3. The summed E-state index contributed by atoms with van der Waals surface area (Å²) in [6.07, 6.45) is 8.81. The van der Waals surface area contributed by atoms with E-state index in [-0.39, 0.29) is 28.7 Å². The zero-order chi connectivity index (χ0) is 41.0. The van der Waals surface area contributed by atoms with Gasteiger partial charge in [0.05, 0.1) is 16.7 Å². The minimum absolute atomic E-state index is 0.0333. The summed E-state index contributed by atoms with van der Waals surface area (Å²) in [5.41, 5.74) is -6.16. The van der Waals surface area contributed by atoms with E-state index in [0.29, 0.717) is 25.7 Å². The molecule has 1 atom stereocenters. The Balaban J connectivity index is 2.59. The van der Waals surface area contributed by atoms with Gasteiger partial charge in [-0.3, -0.25) is 24.3 Å². The van der Waals surface area contributed by atoms with Crippen LogP contribution in [0.15, 0.2) is 42.0 Å². The molecular weight excluding hydrogens is 700 g/mol. The Labute approximate surface area is 319 Å². The van der Waals surface area contributed by atoms with Crippen LogP contribution < -0.4 is 0 Å². The van der Waals surface area contributed by atoms with Gasteiger partial charge >= 0.3 is 23.9 Å². The minimum Gasteiger partial charge on any atom is -0.296 e. The van der Waals surface area contributed by atoms with Gasteiger partial charge in [-0.05, 0) is 99.6 Å². The highest BCUT2D eigenvalue weighted by atomic mass is 17.2. The number of hydrogen-bond donors (Lipinski definition) is 0. The summed E-state index contributed by atoms with van der Waals surface area (Å²) in [5, 5.41) is 0. The van der Waals surface area contributed by atoms with Crippen molar-refractivity contribution < 1.29 is 63.1 Å². The van der Waals surface area contributed by atoms with Gasteiger partial charge in [-0.25, -0.2) is 19.2 Å². The van der Waals surface area contributed by atoms with Gasteiger partial charge in [0.2, 0.25) is 0 Å². The van der Waals surface area contributed by atoms with Crippen molar-refractivity contribution in [2.24, 2.45) is 5.41 Å². The second kappa shape index (κ2) is 19.6. The van der Waals surface area contributed by atoms with Crippen LogP contribution in [0.3, 0.4) is 0 Å². The molecule has 0 amide bonds. The molecule has 1 aliphatic rings. The molecule has 0 heterocycles. The predicted octanol–water partition coefficient (Wildman–Crippen LogP) is 9.18. The summed E-state index contributed by atoms with van der Waals surface area (Å²) in [7, 11) is 0. The standard InChI is InChI=1S/C41H60O13/c1-13-21-37(5,6)51-47-33(43)28-19-25-41(26-20-28,36(46)50-54-40(11,12)24-16-4)32(42)29-17-18-30(34(44)48-52-38(7,8)22-14-2)31(27-29)35(45)49-53-39(9,10)23-15-3/h17-20,25,27H,13-16,21-24,26H2,1-12H3. The van der Waals surface area contributed by atoms with E-state index in [0.717, 1.165) is 31.7 Å². The zero-order valence-corrected chi connectivity index (χ0v) is 34.1. The van der Waals surface area contributed by atoms with E-state index in [1.807, 2.05) is 27.7 Å². The Kier molecular flexibility index (Phi) is 16.8. The van der Waals surface area contributed by atoms with Crippen molar-refractivity contribution in [1.29, 1.82) is 0 Å². The molecule has 2 rings (SSSR count). The SMILES string of the molecule is CCCC(C)(C)OOC(=O)C1=CCC(C(=O)OOC(C)(C)CCC)(C(=O)c2ccc(C(=O)OOC(C)(C)CCC)c(C(=O)OOC(C)(C)CCC)c2)C=C1. The lowest BCUT2D eigenvalue weighted by Crippen LogP contribution is -2.42. The molecule has 0 aliphatic heterocycles. The van der Waals surface area contributed by atoms with Gasteiger partial charge in [-0.1, -0.05) is 77.7 Å². The molecule has 1 aromatic rings. The number of carbonyl (C=O) groups is 5. The van der Waals surface area contributed by atoms with E-state index in [9.17, 15) is 24.0 Å². The molecule has 1 aromatic carbocycles. The second-order valence-corrected chi connectivity index (χ2v) is 16.1.